The third-order valence-corrected chi connectivity index (χ3v) is 3.83. The lowest BCUT2D eigenvalue weighted by Gasteiger charge is -2.07. The average molecular weight is 351 g/mol. The number of hydrogen-bond acceptors (Lipinski definition) is 3. The van der Waals surface area contributed by atoms with Gasteiger partial charge in [0.15, 0.2) is 0 Å². The number of esters is 1. The minimum absolute atomic E-state index is 0.319. The topological polar surface area (TPSA) is 26.3 Å². The third kappa shape index (κ3) is 4.39. The summed E-state index contributed by atoms with van der Waals surface area (Å²) in [5.41, 5.74) is 1.76. The van der Waals surface area contributed by atoms with Gasteiger partial charge >= 0.3 is 5.97 Å². The molecule has 0 radical (unpaired) electrons. The van der Waals surface area contributed by atoms with E-state index in [0.29, 0.717) is 12.2 Å². The molecule has 0 saturated heterocycles. The Morgan fingerprint density at radius 1 is 1.15 bits per heavy atom. The molecular weight excluding hydrogens is 336 g/mol. The fourth-order valence-electron chi connectivity index (χ4n) is 1.83. The van der Waals surface area contributed by atoms with Gasteiger partial charge in [-0.1, -0.05) is 30.3 Å². The van der Waals surface area contributed by atoms with Gasteiger partial charge in [0.25, 0.3) is 0 Å². The van der Waals surface area contributed by atoms with Gasteiger partial charge in [-0.2, -0.15) is 0 Å². The van der Waals surface area contributed by atoms with Crippen LogP contribution in [0.15, 0.2) is 57.9 Å². The fourth-order valence-corrected chi connectivity index (χ4v) is 2.45. The molecule has 20 heavy (non-hydrogen) atoms. The summed E-state index contributed by atoms with van der Waals surface area (Å²) in [6.45, 7) is 0.414. The van der Waals surface area contributed by atoms with Crippen LogP contribution in [0, 0.1) is 0 Å². The van der Waals surface area contributed by atoms with E-state index < -0.39 is 0 Å². The number of carbonyl (C=O) groups excluding carboxylic acids is 1. The summed E-state index contributed by atoms with van der Waals surface area (Å²) in [7, 11) is 0. The second-order valence-electron chi connectivity index (χ2n) is 4.39. The maximum Gasteiger partial charge on any atom is 0.339 e. The summed E-state index contributed by atoms with van der Waals surface area (Å²) in [6.07, 6.45) is 1.72. The van der Waals surface area contributed by atoms with E-state index in [1.807, 2.05) is 24.3 Å². The molecule has 0 N–H and O–H groups in total. The van der Waals surface area contributed by atoms with Gasteiger partial charge in [0, 0.05) is 9.37 Å². The van der Waals surface area contributed by atoms with E-state index in [1.165, 1.54) is 5.56 Å². The van der Waals surface area contributed by atoms with Crippen LogP contribution in [-0.4, -0.2) is 12.6 Å². The van der Waals surface area contributed by atoms with Gasteiger partial charge in [-0.15, -0.1) is 12.6 Å². The molecule has 2 rings (SSSR count). The Bertz CT molecular complexity index is 584. The maximum atomic E-state index is 11.9. The first-order chi connectivity index (χ1) is 9.66. The molecule has 0 unspecified atom stereocenters. The van der Waals surface area contributed by atoms with Crippen LogP contribution in [-0.2, 0) is 11.2 Å². The molecular formula is C16H15BrO2S. The predicted molar refractivity (Wildman–Crippen MR) is 86.4 cm³/mol. The molecule has 0 bridgehead atoms. The Morgan fingerprint density at radius 2 is 1.90 bits per heavy atom. The summed E-state index contributed by atoms with van der Waals surface area (Å²) in [4.78, 5) is 12.7. The Labute approximate surface area is 132 Å². The van der Waals surface area contributed by atoms with Crippen LogP contribution < -0.4 is 0 Å². The quantitative estimate of drug-likeness (QED) is 0.487. The molecule has 0 fully saturated rings. The molecule has 0 spiro atoms. The van der Waals surface area contributed by atoms with E-state index in [9.17, 15) is 4.79 Å². The zero-order valence-corrected chi connectivity index (χ0v) is 13.4. The first-order valence-corrected chi connectivity index (χ1v) is 7.60. The number of hydrogen-bond donors (Lipinski definition) is 1. The summed E-state index contributed by atoms with van der Waals surface area (Å²) >= 11 is 7.57. The van der Waals surface area contributed by atoms with E-state index in [2.05, 4.69) is 40.7 Å². The minimum atomic E-state index is -0.319. The zero-order chi connectivity index (χ0) is 14.4. The highest BCUT2D eigenvalue weighted by molar-refractivity contribution is 9.10. The van der Waals surface area contributed by atoms with E-state index in [-0.39, 0.29) is 5.97 Å². The molecule has 0 atom stereocenters. The van der Waals surface area contributed by atoms with E-state index in [1.54, 1.807) is 12.1 Å². The van der Waals surface area contributed by atoms with Gasteiger partial charge in [0.2, 0.25) is 0 Å². The Morgan fingerprint density at radius 3 is 2.65 bits per heavy atom. The smallest absolute Gasteiger partial charge is 0.339 e. The third-order valence-electron chi connectivity index (χ3n) is 2.86. The molecule has 0 aliphatic heterocycles. The van der Waals surface area contributed by atoms with Crippen molar-refractivity contribution < 1.29 is 9.53 Å². The van der Waals surface area contributed by atoms with Gasteiger partial charge < -0.3 is 4.74 Å². The lowest BCUT2D eigenvalue weighted by Crippen LogP contribution is -2.08. The van der Waals surface area contributed by atoms with Gasteiger partial charge in [-0.3, -0.25) is 0 Å². The summed E-state index contributed by atoms with van der Waals surface area (Å²) < 4.78 is 6.01. The molecule has 0 heterocycles. The molecule has 0 aliphatic carbocycles. The van der Waals surface area contributed by atoms with Crippen molar-refractivity contribution in [3.05, 3.63) is 64.1 Å². The van der Waals surface area contributed by atoms with Crippen LogP contribution in [0.4, 0.5) is 0 Å². The lowest BCUT2D eigenvalue weighted by atomic mass is 10.1. The minimum Gasteiger partial charge on any atom is -0.462 e. The van der Waals surface area contributed by atoms with Gasteiger partial charge in [-0.05, 0) is 52.5 Å². The largest absolute Gasteiger partial charge is 0.462 e. The molecule has 2 nitrogen and oxygen atoms in total. The number of rotatable bonds is 5. The Kier molecular flexibility index (Phi) is 5.68. The van der Waals surface area contributed by atoms with Crippen molar-refractivity contribution >= 4 is 34.5 Å². The lowest BCUT2D eigenvalue weighted by molar-refractivity contribution is 0.0499. The van der Waals surface area contributed by atoms with Crippen LogP contribution >= 0.6 is 28.6 Å². The van der Waals surface area contributed by atoms with Crippen molar-refractivity contribution in [1.29, 1.82) is 0 Å². The van der Waals surface area contributed by atoms with Crippen molar-refractivity contribution in [2.24, 2.45) is 0 Å². The van der Waals surface area contributed by atoms with Crippen molar-refractivity contribution in [2.75, 3.05) is 6.61 Å². The summed E-state index contributed by atoms with van der Waals surface area (Å²) in [5.74, 6) is -0.319. The van der Waals surface area contributed by atoms with Crippen LogP contribution in [0.3, 0.4) is 0 Å². The number of ether oxygens (including phenoxy) is 1. The number of thiol groups is 1. The summed E-state index contributed by atoms with van der Waals surface area (Å²) in [5, 5.41) is 0. The predicted octanol–water partition coefficient (Wildman–Crippen LogP) is 4.53. The first kappa shape index (κ1) is 15.1. The molecule has 0 amide bonds. The number of carbonyl (C=O) groups is 1. The maximum absolute atomic E-state index is 11.9. The first-order valence-electron chi connectivity index (χ1n) is 6.36. The van der Waals surface area contributed by atoms with Crippen molar-refractivity contribution in [1.82, 2.24) is 0 Å². The standard InChI is InChI=1S/C16H15BrO2S/c17-15-9-8-13(20)11-14(15)16(18)19-10-4-7-12-5-2-1-3-6-12/h1-3,5-6,8-9,11,20H,4,7,10H2. The molecule has 0 aliphatic rings. The van der Waals surface area contributed by atoms with Crippen LogP contribution in [0.25, 0.3) is 0 Å². The normalized spacial score (nSPS) is 10.3. The second kappa shape index (κ2) is 7.50. The molecule has 2 aromatic rings. The molecule has 4 heteroatoms. The van der Waals surface area contributed by atoms with Gasteiger partial charge in [-0.25, -0.2) is 4.79 Å². The van der Waals surface area contributed by atoms with E-state index in [0.717, 1.165) is 22.2 Å². The number of benzene rings is 2. The van der Waals surface area contributed by atoms with Crippen molar-refractivity contribution in [3.63, 3.8) is 0 Å². The molecule has 2 aromatic carbocycles. The van der Waals surface area contributed by atoms with Crippen LogP contribution in [0.5, 0.6) is 0 Å². The highest BCUT2D eigenvalue weighted by atomic mass is 79.9. The van der Waals surface area contributed by atoms with Gasteiger partial charge in [0.05, 0.1) is 12.2 Å². The van der Waals surface area contributed by atoms with E-state index in [4.69, 9.17) is 4.74 Å². The number of halogens is 1. The van der Waals surface area contributed by atoms with Crippen LogP contribution in [0.2, 0.25) is 0 Å². The molecule has 0 saturated carbocycles. The highest BCUT2D eigenvalue weighted by Crippen LogP contribution is 2.21. The second-order valence-corrected chi connectivity index (χ2v) is 5.76. The average Bonchev–Trinajstić information content (AvgIpc) is 2.47. The van der Waals surface area contributed by atoms with Crippen molar-refractivity contribution in [3.8, 4) is 0 Å². The molecule has 104 valence electrons. The highest BCUT2D eigenvalue weighted by Gasteiger charge is 2.11. The monoisotopic (exact) mass is 350 g/mol. The van der Waals surface area contributed by atoms with Gasteiger partial charge in [0.1, 0.15) is 0 Å². The van der Waals surface area contributed by atoms with E-state index >= 15 is 0 Å². The fraction of sp³-hybridized carbons (Fsp3) is 0.188. The molecule has 0 aromatic heterocycles. The van der Waals surface area contributed by atoms with Crippen molar-refractivity contribution in [2.45, 2.75) is 17.7 Å². The number of aryl methyl sites for hydroxylation is 1. The Hall–Kier alpha value is -1.26. The van der Waals surface area contributed by atoms with Crippen LogP contribution in [0.1, 0.15) is 22.3 Å². The Balaban J connectivity index is 1.82. The SMILES string of the molecule is O=C(OCCCc1ccccc1)c1cc(S)ccc1Br. The zero-order valence-electron chi connectivity index (χ0n) is 10.9. The summed E-state index contributed by atoms with van der Waals surface area (Å²) in [6, 6.07) is 15.5.